The van der Waals surface area contributed by atoms with Crippen LogP contribution in [0, 0.1) is 0 Å². The summed E-state index contributed by atoms with van der Waals surface area (Å²) in [6.07, 6.45) is 0. The van der Waals surface area contributed by atoms with Gasteiger partial charge in [-0.25, -0.2) is 0 Å². The van der Waals surface area contributed by atoms with Crippen LogP contribution < -0.4 is 24.4 Å². The van der Waals surface area contributed by atoms with Gasteiger partial charge in [-0.2, -0.15) is 0 Å². The number of anilines is 1. The monoisotopic (exact) mass is 433 g/mol. The van der Waals surface area contributed by atoms with Crippen LogP contribution in [0.5, 0.6) is 17.2 Å². The molecule has 8 heteroatoms. The highest BCUT2D eigenvalue weighted by molar-refractivity contribution is 6.30. The zero-order valence-corrected chi connectivity index (χ0v) is 18.4. The lowest BCUT2D eigenvalue weighted by atomic mass is 10.1. The maximum Gasteiger partial charge on any atom is 0.255 e. The molecule has 1 aliphatic heterocycles. The van der Waals surface area contributed by atoms with Gasteiger partial charge in [-0.15, -0.1) is 0 Å². The lowest BCUT2D eigenvalue weighted by Gasteiger charge is -2.36. The van der Waals surface area contributed by atoms with E-state index in [4.69, 9.17) is 25.8 Å². The zero-order chi connectivity index (χ0) is 21.5. The van der Waals surface area contributed by atoms with Crippen LogP contribution in [0.15, 0.2) is 36.4 Å². The molecule has 1 N–H and O–H groups in total. The standard InChI is InChI=1S/C22H28ClN3O4/c1-28-19-9-8-18(20(29-2)21(19)30-3)22(27)24-10-11-25-12-14-26(15-13-25)17-6-4-16(23)5-7-17/h4-9H,10-15H2,1-3H3,(H,24,27). The lowest BCUT2D eigenvalue weighted by molar-refractivity contribution is 0.0944. The molecular weight excluding hydrogens is 406 g/mol. The van der Waals surface area contributed by atoms with Crippen molar-refractivity contribution in [2.24, 2.45) is 0 Å². The summed E-state index contributed by atoms with van der Waals surface area (Å²) in [5.41, 5.74) is 1.61. The fraction of sp³-hybridized carbons (Fsp3) is 0.409. The van der Waals surface area contributed by atoms with E-state index in [2.05, 4.69) is 27.2 Å². The Morgan fingerprint density at radius 1 is 0.933 bits per heavy atom. The second-order valence-electron chi connectivity index (χ2n) is 6.94. The molecule has 0 radical (unpaired) electrons. The van der Waals surface area contributed by atoms with Crippen LogP contribution in [0.1, 0.15) is 10.4 Å². The summed E-state index contributed by atoms with van der Waals surface area (Å²) >= 11 is 5.97. The summed E-state index contributed by atoms with van der Waals surface area (Å²) in [5.74, 6) is 1.09. The molecule has 1 aliphatic rings. The number of nitrogens with one attached hydrogen (secondary N) is 1. The molecule has 0 spiro atoms. The average Bonchev–Trinajstić information content (AvgIpc) is 2.78. The first-order valence-electron chi connectivity index (χ1n) is 9.87. The van der Waals surface area contributed by atoms with Crippen LogP contribution in [0.3, 0.4) is 0 Å². The fourth-order valence-electron chi connectivity index (χ4n) is 3.58. The highest BCUT2D eigenvalue weighted by Gasteiger charge is 2.21. The largest absolute Gasteiger partial charge is 0.493 e. The molecule has 0 unspecified atom stereocenters. The minimum absolute atomic E-state index is 0.201. The molecule has 3 rings (SSSR count). The topological polar surface area (TPSA) is 63.3 Å². The Hall–Kier alpha value is -2.64. The summed E-state index contributed by atoms with van der Waals surface area (Å²) in [6.45, 7) is 5.11. The number of hydrogen-bond donors (Lipinski definition) is 1. The first kappa shape index (κ1) is 22.1. The van der Waals surface area contributed by atoms with Crippen molar-refractivity contribution >= 4 is 23.2 Å². The molecule has 1 fully saturated rings. The number of hydrogen-bond acceptors (Lipinski definition) is 6. The van der Waals surface area contributed by atoms with Crippen molar-refractivity contribution in [2.75, 3.05) is 65.5 Å². The van der Waals surface area contributed by atoms with Gasteiger partial charge >= 0.3 is 0 Å². The third kappa shape index (κ3) is 5.09. The quantitative estimate of drug-likeness (QED) is 0.690. The van der Waals surface area contributed by atoms with E-state index in [1.807, 2.05) is 12.1 Å². The van der Waals surface area contributed by atoms with Gasteiger partial charge in [0.25, 0.3) is 5.91 Å². The number of nitrogens with zero attached hydrogens (tertiary/aromatic N) is 2. The van der Waals surface area contributed by atoms with Gasteiger partial charge in [0, 0.05) is 50.0 Å². The number of benzene rings is 2. The molecule has 0 bridgehead atoms. The number of amides is 1. The van der Waals surface area contributed by atoms with Crippen molar-refractivity contribution in [2.45, 2.75) is 0 Å². The summed E-state index contributed by atoms with van der Waals surface area (Å²) in [7, 11) is 4.57. The van der Waals surface area contributed by atoms with Crippen molar-refractivity contribution < 1.29 is 19.0 Å². The molecule has 2 aromatic carbocycles. The Labute approximate surface area is 182 Å². The molecule has 0 aliphatic carbocycles. The average molecular weight is 434 g/mol. The summed E-state index contributed by atoms with van der Waals surface area (Å²) in [6, 6.07) is 11.3. The Morgan fingerprint density at radius 3 is 2.20 bits per heavy atom. The van der Waals surface area contributed by atoms with E-state index < -0.39 is 0 Å². The summed E-state index contributed by atoms with van der Waals surface area (Å²) in [4.78, 5) is 17.4. The van der Waals surface area contributed by atoms with Crippen molar-refractivity contribution in [3.05, 3.63) is 47.0 Å². The number of ether oxygens (including phenoxy) is 3. The van der Waals surface area contributed by atoms with Crippen LogP contribution in [-0.4, -0.2) is 71.4 Å². The Kier molecular flexibility index (Phi) is 7.65. The van der Waals surface area contributed by atoms with Gasteiger partial charge in [-0.3, -0.25) is 9.69 Å². The molecule has 2 aromatic rings. The third-order valence-corrected chi connectivity index (χ3v) is 5.48. The third-order valence-electron chi connectivity index (χ3n) is 5.23. The minimum Gasteiger partial charge on any atom is -0.493 e. The first-order chi connectivity index (χ1) is 14.6. The maximum absolute atomic E-state index is 12.7. The lowest BCUT2D eigenvalue weighted by Crippen LogP contribution is -2.48. The Morgan fingerprint density at radius 2 is 1.60 bits per heavy atom. The smallest absolute Gasteiger partial charge is 0.255 e. The van der Waals surface area contributed by atoms with Crippen LogP contribution in [0.25, 0.3) is 0 Å². The van der Waals surface area contributed by atoms with Gasteiger partial charge in [0.05, 0.1) is 26.9 Å². The number of methoxy groups -OCH3 is 3. The van der Waals surface area contributed by atoms with Crippen molar-refractivity contribution in [3.8, 4) is 17.2 Å². The van der Waals surface area contributed by atoms with Gasteiger partial charge in [-0.1, -0.05) is 11.6 Å². The number of rotatable bonds is 8. The first-order valence-corrected chi connectivity index (χ1v) is 10.2. The Bertz CT molecular complexity index is 852. The van der Waals surface area contributed by atoms with Crippen LogP contribution in [-0.2, 0) is 0 Å². The predicted molar refractivity (Wildman–Crippen MR) is 119 cm³/mol. The SMILES string of the molecule is COc1ccc(C(=O)NCCN2CCN(c3ccc(Cl)cc3)CC2)c(OC)c1OC. The molecule has 0 aromatic heterocycles. The number of carbonyl (C=O) groups excluding carboxylic acids is 1. The molecule has 1 heterocycles. The van der Waals surface area contributed by atoms with Gasteiger partial charge < -0.3 is 24.4 Å². The van der Waals surface area contributed by atoms with E-state index in [1.54, 1.807) is 19.2 Å². The molecule has 0 atom stereocenters. The van der Waals surface area contributed by atoms with Crippen molar-refractivity contribution in [3.63, 3.8) is 0 Å². The number of piperazine rings is 1. The van der Waals surface area contributed by atoms with Crippen LogP contribution >= 0.6 is 11.6 Å². The second-order valence-corrected chi connectivity index (χ2v) is 7.38. The molecule has 1 saturated heterocycles. The van der Waals surface area contributed by atoms with E-state index in [0.717, 1.165) is 37.7 Å². The molecule has 1 amide bonds. The minimum atomic E-state index is -0.201. The molecular formula is C22H28ClN3O4. The van der Waals surface area contributed by atoms with Gasteiger partial charge in [-0.05, 0) is 36.4 Å². The van der Waals surface area contributed by atoms with Gasteiger partial charge in [0.2, 0.25) is 5.75 Å². The molecule has 162 valence electrons. The van der Waals surface area contributed by atoms with E-state index in [1.165, 1.54) is 19.9 Å². The van der Waals surface area contributed by atoms with E-state index in [-0.39, 0.29) is 5.91 Å². The van der Waals surface area contributed by atoms with Crippen molar-refractivity contribution in [1.29, 1.82) is 0 Å². The fourth-order valence-corrected chi connectivity index (χ4v) is 3.71. The maximum atomic E-state index is 12.7. The zero-order valence-electron chi connectivity index (χ0n) is 17.6. The number of halogens is 1. The second kappa shape index (κ2) is 10.4. The van der Waals surface area contributed by atoms with E-state index in [0.29, 0.717) is 29.4 Å². The normalized spacial score (nSPS) is 14.3. The van der Waals surface area contributed by atoms with Gasteiger partial charge in [0.15, 0.2) is 11.5 Å². The Balaban J connectivity index is 1.50. The summed E-state index contributed by atoms with van der Waals surface area (Å²) < 4.78 is 16.0. The summed E-state index contributed by atoms with van der Waals surface area (Å²) in [5, 5.41) is 3.72. The highest BCUT2D eigenvalue weighted by atomic mass is 35.5. The van der Waals surface area contributed by atoms with Crippen LogP contribution in [0.2, 0.25) is 5.02 Å². The number of carbonyl (C=O) groups is 1. The van der Waals surface area contributed by atoms with Gasteiger partial charge in [0.1, 0.15) is 0 Å². The van der Waals surface area contributed by atoms with E-state index in [9.17, 15) is 4.79 Å². The molecule has 0 saturated carbocycles. The van der Waals surface area contributed by atoms with Crippen molar-refractivity contribution in [1.82, 2.24) is 10.2 Å². The molecule has 7 nitrogen and oxygen atoms in total. The van der Waals surface area contributed by atoms with E-state index >= 15 is 0 Å². The highest BCUT2D eigenvalue weighted by Crippen LogP contribution is 2.39. The molecule has 30 heavy (non-hydrogen) atoms. The van der Waals surface area contributed by atoms with Crippen LogP contribution in [0.4, 0.5) is 5.69 Å². The predicted octanol–water partition coefficient (Wildman–Crippen LogP) is 2.92.